The molecule has 28 heavy (non-hydrogen) atoms. The second kappa shape index (κ2) is 7.98. The lowest BCUT2D eigenvalue weighted by Crippen LogP contribution is -2.45. The van der Waals surface area contributed by atoms with Crippen molar-refractivity contribution in [2.24, 2.45) is 0 Å². The highest BCUT2D eigenvalue weighted by Gasteiger charge is 2.34. The van der Waals surface area contributed by atoms with Crippen LogP contribution in [0.5, 0.6) is 0 Å². The summed E-state index contributed by atoms with van der Waals surface area (Å²) in [5.41, 5.74) is -1.71. The molecule has 0 aliphatic heterocycles. The molecular formula is C17H14F3NO6S. The Bertz CT molecular complexity index is 1000. The van der Waals surface area contributed by atoms with E-state index in [4.69, 9.17) is 9.66 Å². The summed E-state index contributed by atoms with van der Waals surface area (Å²) in [5.74, 6) is -4.14. The number of hydrogen-bond donors (Lipinski definition) is 3. The molecule has 0 aliphatic rings. The van der Waals surface area contributed by atoms with Gasteiger partial charge >= 0.3 is 12.1 Å². The number of carboxylic acids is 1. The second-order valence-electron chi connectivity index (χ2n) is 5.70. The number of benzene rings is 2. The first-order chi connectivity index (χ1) is 12.9. The second-order valence-corrected chi connectivity index (χ2v) is 7.20. The van der Waals surface area contributed by atoms with E-state index in [0.29, 0.717) is 0 Å². The lowest BCUT2D eigenvalue weighted by molar-refractivity contribution is -0.139. The van der Waals surface area contributed by atoms with E-state index in [0.717, 1.165) is 12.1 Å². The number of aliphatic carboxylic acids is 1. The molecule has 1 atom stereocenters. The lowest BCUT2D eigenvalue weighted by atomic mass is 9.94. The van der Waals surface area contributed by atoms with Crippen molar-refractivity contribution >= 4 is 22.0 Å². The van der Waals surface area contributed by atoms with Crippen LogP contribution in [-0.4, -0.2) is 41.7 Å². The summed E-state index contributed by atoms with van der Waals surface area (Å²) in [5, 5.41) is 10.9. The third-order valence-corrected chi connectivity index (χ3v) is 4.43. The number of halogens is 3. The van der Waals surface area contributed by atoms with Crippen molar-refractivity contribution in [1.82, 2.24) is 5.32 Å². The monoisotopic (exact) mass is 417 g/mol. The first-order valence-electron chi connectivity index (χ1n) is 7.64. The van der Waals surface area contributed by atoms with Crippen LogP contribution in [0.2, 0.25) is 0 Å². The average Bonchev–Trinajstić information content (AvgIpc) is 2.59. The van der Waals surface area contributed by atoms with Crippen LogP contribution in [0.25, 0.3) is 11.1 Å². The number of alkyl halides is 3. The third kappa shape index (κ3) is 5.30. The fourth-order valence-corrected chi connectivity index (χ4v) is 3.15. The quantitative estimate of drug-likeness (QED) is 0.621. The predicted octanol–water partition coefficient (Wildman–Crippen LogP) is 2.44. The molecule has 0 fully saturated rings. The van der Waals surface area contributed by atoms with Crippen LogP contribution in [0.3, 0.4) is 0 Å². The molecule has 150 valence electrons. The number of carbonyl (C=O) groups is 2. The summed E-state index contributed by atoms with van der Waals surface area (Å²) in [6.07, 6.45) is -4.70. The van der Waals surface area contributed by atoms with E-state index in [1.54, 1.807) is 0 Å². The van der Waals surface area contributed by atoms with Gasteiger partial charge in [-0.25, -0.2) is 4.79 Å². The van der Waals surface area contributed by atoms with Crippen molar-refractivity contribution in [3.05, 3.63) is 59.7 Å². The molecule has 0 radical (unpaired) electrons. The molecule has 7 nitrogen and oxygen atoms in total. The SMILES string of the molecule is O=C(N[C@@H](CS(=O)(=O)O)C(=O)O)c1ccccc1-c1ccccc1C(F)(F)F. The van der Waals surface area contributed by atoms with Crippen molar-refractivity contribution in [2.45, 2.75) is 12.2 Å². The average molecular weight is 417 g/mol. The summed E-state index contributed by atoms with van der Waals surface area (Å²) >= 11 is 0. The zero-order chi connectivity index (χ0) is 21.1. The number of carbonyl (C=O) groups excluding carboxylic acids is 1. The molecule has 0 bridgehead atoms. The van der Waals surface area contributed by atoms with E-state index in [-0.39, 0.29) is 16.7 Å². The summed E-state index contributed by atoms with van der Waals surface area (Å²) in [6.45, 7) is 0. The molecular weight excluding hydrogens is 403 g/mol. The Kier molecular flexibility index (Phi) is 6.10. The number of rotatable bonds is 6. The minimum absolute atomic E-state index is 0.121. The van der Waals surface area contributed by atoms with Gasteiger partial charge in [0.2, 0.25) is 0 Å². The standard InChI is InChI=1S/C17H14F3NO6S/c18-17(19,20)13-8-4-3-6-11(13)10-5-1-2-7-12(10)15(22)21-14(16(23)24)9-28(25,26)27/h1-8,14H,9H2,(H,21,22)(H,23,24)(H,25,26,27)/t14-/m0/s1. The fourth-order valence-electron chi connectivity index (χ4n) is 2.50. The van der Waals surface area contributed by atoms with Gasteiger partial charge in [0, 0.05) is 5.56 Å². The summed E-state index contributed by atoms with van der Waals surface area (Å²) < 4.78 is 70.5. The van der Waals surface area contributed by atoms with Crippen molar-refractivity contribution < 1.29 is 40.8 Å². The number of hydrogen-bond acceptors (Lipinski definition) is 4. The molecule has 0 aromatic heterocycles. The van der Waals surface area contributed by atoms with Gasteiger partial charge in [-0.2, -0.15) is 21.6 Å². The first kappa shape index (κ1) is 21.4. The Morgan fingerprint density at radius 3 is 2.07 bits per heavy atom. The van der Waals surface area contributed by atoms with Gasteiger partial charge in [0.25, 0.3) is 16.0 Å². The molecule has 2 aromatic rings. The van der Waals surface area contributed by atoms with Gasteiger partial charge in [-0.05, 0) is 23.3 Å². The maximum Gasteiger partial charge on any atom is 0.417 e. The molecule has 2 rings (SSSR count). The normalized spacial score (nSPS) is 13.0. The largest absolute Gasteiger partial charge is 0.480 e. The topological polar surface area (TPSA) is 121 Å². The first-order valence-corrected chi connectivity index (χ1v) is 9.25. The smallest absolute Gasteiger partial charge is 0.417 e. The Hall–Kier alpha value is -2.92. The molecule has 11 heteroatoms. The predicted molar refractivity (Wildman–Crippen MR) is 92.2 cm³/mol. The van der Waals surface area contributed by atoms with Gasteiger partial charge in [0.15, 0.2) is 0 Å². The maximum atomic E-state index is 13.3. The van der Waals surface area contributed by atoms with E-state index in [2.05, 4.69) is 0 Å². The zero-order valence-corrected chi connectivity index (χ0v) is 14.8. The lowest BCUT2D eigenvalue weighted by Gasteiger charge is -2.17. The molecule has 0 heterocycles. The highest BCUT2D eigenvalue weighted by Crippen LogP contribution is 2.38. The molecule has 1 amide bonds. The van der Waals surface area contributed by atoms with E-state index in [1.807, 2.05) is 5.32 Å². The fraction of sp³-hybridized carbons (Fsp3) is 0.176. The van der Waals surface area contributed by atoms with Gasteiger partial charge in [-0.15, -0.1) is 0 Å². The highest BCUT2D eigenvalue weighted by molar-refractivity contribution is 7.85. The van der Waals surface area contributed by atoms with E-state index < -0.39 is 45.5 Å². The number of carboxylic acid groups (broad SMARTS) is 1. The molecule has 0 unspecified atom stereocenters. The van der Waals surface area contributed by atoms with Crippen LogP contribution < -0.4 is 5.32 Å². The summed E-state index contributed by atoms with van der Waals surface area (Å²) in [4.78, 5) is 23.6. The Labute approximate surface area is 157 Å². The Morgan fingerprint density at radius 2 is 1.54 bits per heavy atom. The zero-order valence-electron chi connectivity index (χ0n) is 14.0. The number of amides is 1. The summed E-state index contributed by atoms with van der Waals surface area (Å²) in [6, 6.07) is 7.69. The minimum Gasteiger partial charge on any atom is -0.480 e. The van der Waals surface area contributed by atoms with Crippen molar-refractivity contribution in [3.8, 4) is 11.1 Å². The molecule has 0 spiro atoms. The molecule has 0 saturated heterocycles. The van der Waals surface area contributed by atoms with Gasteiger partial charge in [0.1, 0.15) is 11.8 Å². The van der Waals surface area contributed by atoms with Crippen LogP contribution in [0.1, 0.15) is 15.9 Å². The van der Waals surface area contributed by atoms with Crippen molar-refractivity contribution in [2.75, 3.05) is 5.75 Å². The minimum atomic E-state index is -4.73. The summed E-state index contributed by atoms with van der Waals surface area (Å²) in [7, 11) is -4.73. The third-order valence-electron chi connectivity index (χ3n) is 3.68. The number of nitrogens with one attached hydrogen (secondary N) is 1. The van der Waals surface area contributed by atoms with E-state index >= 15 is 0 Å². The van der Waals surface area contributed by atoms with Crippen molar-refractivity contribution in [3.63, 3.8) is 0 Å². The van der Waals surface area contributed by atoms with Gasteiger partial charge in [-0.3, -0.25) is 9.35 Å². The highest BCUT2D eigenvalue weighted by atomic mass is 32.2. The maximum absolute atomic E-state index is 13.3. The van der Waals surface area contributed by atoms with E-state index in [1.165, 1.54) is 36.4 Å². The molecule has 0 aliphatic carbocycles. The Balaban J connectivity index is 2.48. The Morgan fingerprint density at radius 1 is 1.00 bits per heavy atom. The molecule has 3 N–H and O–H groups in total. The molecule has 0 saturated carbocycles. The van der Waals surface area contributed by atoms with Crippen molar-refractivity contribution in [1.29, 1.82) is 0 Å². The van der Waals surface area contributed by atoms with Gasteiger partial charge in [-0.1, -0.05) is 36.4 Å². The van der Waals surface area contributed by atoms with Crippen LogP contribution in [0, 0.1) is 0 Å². The molecule has 2 aromatic carbocycles. The van der Waals surface area contributed by atoms with Crippen LogP contribution in [-0.2, 0) is 21.1 Å². The van der Waals surface area contributed by atoms with Crippen LogP contribution >= 0.6 is 0 Å². The van der Waals surface area contributed by atoms with Gasteiger partial charge < -0.3 is 10.4 Å². The van der Waals surface area contributed by atoms with Gasteiger partial charge in [0.05, 0.1) is 5.56 Å². The van der Waals surface area contributed by atoms with Crippen LogP contribution in [0.4, 0.5) is 13.2 Å². The van der Waals surface area contributed by atoms with Crippen LogP contribution in [0.15, 0.2) is 48.5 Å². The van der Waals surface area contributed by atoms with E-state index in [9.17, 15) is 31.2 Å².